The fourth-order valence-electron chi connectivity index (χ4n) is 6.83. The summed E-state index contributed by atoms with van der Waals surface area (Å²) in [6.45, 7) is 6.38. The molecule has 0 fully saturated rings. The van der Waals surface area contributed by atoms with Crippen LogP contribution in [-0.2, 0) is 28.6 Å². The summed E-state index contributed by atoms with van der Waals surface area (Å²) in [5, 5.41) is 0. The van der Waals surface area contributed by atoms with Gasteiger partial charge in [-0.3, -0.25) is 14.4 Å². The number of carbonyl (C=O) groups excluding carboxylic acids is 3. The van der Waals surface area contributed by atoms with Crippen molar-refractivity contribution in [2.24, 2.45) is 0 Å². The molecule has 0 spiro atoms. The van der Waals surface area contributed by atoms with Crippen LogP contribution in [-0.4, -0.2) is 37.2 Å². The van der Waals surface area contributed by atoms with E-state index in [4.69, 9.17) is 14.2 Å². The van der Waals surface area contributed by atoms with Crippen molar-refractivity contribution in [2.45, 2.75) is 226 Å². The molecule has 66 heavy (non-hydrogen) atoms. The quantitative estimate of drug-likeness (QED) is 0.0199. The van der Waals surface area contributed by atoms with Gasteiger partial charge >= 0.3 is 17.9 Å². The van der Waals surface area contributed by atoms with E-state index in [0.29, 0.717) is 12.8 Å². The van der Waals surface area contributed by atoms with Gasteiger partial charge in [0, 0.05) is 19.3 Å². The second kappa shape index (κ2) is 53.4. The first-order valence-electron chi connectivity index (χ1n) is 26.6. The average Bonchev–Trinajstić information content (AvgIpc) is 3.31. The number of unbranched alkanes of at least 4 members (excludes halogenated alkanes) is 18. The van der Waals surface area contributed by atoms with Gasteiger partial charge in [-0.1, -0.05) is 239 Å². The van der Waals surface area contributed by atoms with Gasteiger partial charge in [-0.2, -0.15) is 0 Å². The zero-order valence-electron chi connectivity index (χ0n) is 42.4. The van der Waals surface area contributed by atoms with Crippen molar-refractivity contribution in [1.82, 2.24) is 0 Å². The second-order valence-corrected chi connectivity index (χ2v) is 17.1. The summed E-state index contributed by atoms with van der Waals surface area (Å²) in [5.41, 5.74) is 0. The molecule has 0 heterocycles. The minimum atomic E-state index is -0.822. The SMILES string of the molecule is CC/C=C\C/C=C\C/C=C\C/C=C\C/C=C\C/C=C\CCC(=O)OCC(COC(=O)CCCCCCCCCCCCC)OC(=O)CCCCCCC\C=C/C=C\C=C/C=C\CCCCC. The molecule has 0 amide bonds. The third-order valence-electron chi connectivity index (χ3n) is 10.8. The van der Waals surface area contributed by atoms with Gasteiger partial charge in [0.2, 0.25) is 0 Å². The topological polar surface area (TPSA) is 78.9 Å². The summed E-state index contributed by atoms with van der Waals surface area (Å²) in [4.78, 5) is 38.0. The molecule has 0 saturated heterocycles. The highest BCUT2D eigenvalue weighted by molar-refractivity contribution is 5.71. The fraction of sp³-hybridized carbons (Fsp3) is 0.617. The van der Waals surface area contributed by atoms with E-state index in [2.05, 4.69) is 130 Å². The van der Waals surface area contributed by atoms with Crippen molar-refractivity contribution >= 4 is 17.9 Å². The summed E-state index contributed by atoms with van der Waals surface area (Å²) < 4.78 is 16.7. The molecule has 0 aliphatic carbocycles. The fourth-order valence-corrected chi connectivity index (χ4v) is 6.83. The van der Waals surface area contributed by atoms with Crippen molar-refractivity contribution < 1.29 is 28.6 Å². The molecule has 0 rings (SSSR count). The lowest BCUT2D eigenvalue weighted by atomic mass is 10.1. The molecule has 0 bridgehead atoms. The van der Waals surface area contributed by atoms with E-state index in [0.717, 1.165) is 103 Å². The minimum Gasteiger partial charge on any atom is -0.462 e. The predicted octanol–water partition coefficient (Wildman–Crippen LogP) is 17.7. The Morgan fingerprint density at radius 1 is 0.333 bits per heavy atom. The average molecular weight is 913 g/mol. The number of allylic oxidation sites excluding steroid dienone is 20. The van der Waals surface area contributed by atoms with Gasteiger partial charge in [-0.05, 0) is 83.5 Å². The summed E-state index contributed by atoms with van der Waals surface area (Å²) in [5.74, 6) is -1.03. The Balaban J connectivity index is 4.55. The first kappa shape index (κ1) is 61.8. The van der Waals surface area contributed by atoms with Crippen LogP contribution in [0.1, 0.15) is 220 Å². The van der Waals surface area contributed by atoms with Gasteiger partial charge in [0.25, 0.3) is 0 Å². The third-order valence-corrected chi connectivity index (χ3v) is 10.8. The van der Waals surface area contributed by atoms with Crippen molar-refractivity contribution in [3.8, 4) is 0 Å². The highest BCUT2D eigenvalue weighted by Gasteiger charge is 2.19. The molecule has 6 heteroatoms. The summed E-state index contributed by atoms with van der Waals surface area (Å²) >= 11 is 0. The molecule has 0 aliphatic heterocycles. The van der Waals surface area contributed by atoms with Crippen LogP contribution in [0.25, 0.3) is 0 Å². The number of rotatable bonds is 46. The van der Waals surface area contributed by atoms with Gasteiger partial charge in [-0.15, -0.1) is 0 Å². The van der Waals surface area contributed by atoms with E-state index >= 15 is 0 Å². The Kier molecular flexibility index (Phi) is 50.0. The molecule has 0 saturated carbocycles. The molecule has 0 aromatic carbocycles. The monoisotopic (exact) mass is 913 g/mol. The number of hydrogen-bond donors (Lipinski definition) is 0. The highest BCUT2D eigenvalue weighted by Crippen LogP contribution is 2.14. The van der Waals surface area contributed by atoms with Crippen LogP contribution >= 0.6 is 0 Å². The maximum Gasteiger partial charge on any atom is 0.306 e. The van der Waals surface area contributed by atoms with E-state index in [1.807, 2.05) is 12.2 Å². The Labute approximate surface area is 405 Å². The second-order valence-electron chi connectivity index (χ2n) is 17.1. The molecular formula is C60H96O6. The van der Waals surface area contributed by atoms with Gasteiger partial charge in [0.1, 0.15) is 13.2 Å². The Hall–Kier alpha value is -4.19. The van der Waals surface area contributed by atoms with Crippen molar-refractivity contribution in [3.63, 3.8) is 0 Å². The largest absolute Gasteiger partial charge is 0.462 e. The standard InChI is InChI=1S/C60H96O6/c1-4-7-10-13-16-19-22-24-26-28-30-32-33-35-38-41-44-47-50-53-59(62)65-56-57(55-64-58(61)52-49-46-43-40-37-21-18-15-12-9-6-3)66-60(63)54-51-48-45-42-39-36-34-31-29-27-25-23-20-17-14-11-8-5-2/h7,10,16-17,19-20,23-27,29-32,34-35,38,44,47,57H,4-6,8-9,11-15,18,21-22,28,33,36-37,39-43,45-46,48-56H2,1-3H3/b10-7-,19-16-,20-17-,25-23-,26-24-,29-27-,32-30-,34-31-,38-35-,47-44-. The van der Waals surface area contributed by atoms with Crippen LogP contribution in [0.5, 0.6) is 0 Å². The van der Waals surface area contributed by atoms with E-state index < -0.39 is 6.10 Å². The van der Waals surface area contributed by atoms with Gasteiger partial charge in [0.15, 0.2) is 6.10 Å². The summed E-state index contributed by atoms with van der Waals surface area (Å²) in [7, 11) is 0. The first-order chi connectivity index (χ1) is 32.5. The van der Waals surface area contributed by atoms with E-state index in [-0.39, 0.29) is 44.0 Å². The third kappa shape index (κ3) is 50.8. The number of carbonyl (C=O) groups is 3. The predicted molar refractivity (Wildman–Crippen MR) is 283 cm³/mol. The maximum atomic E-state index is 12.8. The number of ether oxygens (including phenoxy) is 3. The Morgan fingerprint density at radius 2 is 0.682 bits per heavy atom. The van der Waals surface area contributed by atoms with Crippen LogP contribution in [0.4, 0.5) is 0 Å². The Morgan fingerprint density at radius 3 is 1.15 bits per heavy atom. The molecule has 1 unspecified atom stereocenters. The van der Waals surface area contributed by atoms with Crippen LogP contribution < -0.4 is 0 Å². The molecule has 0 radical (unpaired) electrons. The lowest BCUT2D eigenvalue weighted by Crippen LogP contribution is -2.30. The molecule has 0 aromatic rings. The van der Waals surface area contributed by atoms with Gasteiger partial charge in [0.05, 0.1) is 0 Å². The molecule has 0 aliphatic rings. The van der Waals surface area contributed by atoms with Crippen LogP contribution in [0.2, 0.25) is 0 Å². The smallest absolute Gasteiger partial charge is 0.306 e. The normalized spacial score (nSPS) is 13.1. The van der Waals surface area contributed by atoms with Gasteiger partial charge < -0.3 is 14.2 Å². The van der Waals surface area contributed by atoms with Crippen molar-refractivity contribution in [3.05, 3.63) is 122 Å². The maximum absolute atomic E-state index is 12.8. The lowest BCUT2D eigenvalue weighted by Gasteiger charge is -2.18. The molecule has 0 N–H and O–H groups in total. The Bertz CT molecular complexity index is 1420. The highest BCUT2D eigenvalue weighted by atomic mass is 16.6. The number of esters is 3. The summed E-state index contributed by atoms with van der Waals surface area (Å²) in [6.07, 6.45) is 73.3. The molecule has 1 atom stereocenters. The summed E-state index contributed by atoms with van der Waals surface area (Å²) in [6, 6.07) is 0. The molecule has 372 valence electrons. The molecule has 6 nitrogen and oxygen atoms in total. The molecule has 0 aromatic heterocycles. The van der Waals surface area contributed by atoms with Crippen LogP contribution in [0, 0.1) is 0 Å². The lowest BCUT2D eigenvalue weighted by molar-refractivity contribution is -0.166. The van der Waals surface area contributed by atoms with Crippen LogP contribution in [0.3, 0.4) is 0 Å². The minimum absolute atomic E-state index is 0.113. The zero-order valence-corrected chi connectivity index (χ0v) is 42.4. The van der Waals surface area contributed by atoms with Gasteiger partial charge in [-0.25, -0.2) is 0 Å². The number of hydrogen-bond acceptors (Lipinski definition) is 6. The van der Waals surface area contributed by atoms with Crippen molar-refractivity contribution in [1.29, 1.82) is 0 Å². The van der Waals surface area contributed by atoms with Crippen molar-refractivity contribution in [2.75, 3.05) is 13.2 Å². The van der Waals surface area contributed by atoms with Crippen LogP contribution in [0.15, 0.2) is 122 Å². The van der Waals surface area contributed by atoms with E-state index in [1.54, 1.807) is 0 Å². The van der Waals surface area contributed by atoms with E-state index in [1.165, 1.54) is 70.6 Å². The zero-order chi connectivity index (χ0) is 47.9. The molecular weight excluding hydrogens is 817 g/mol. The van der Waals surface area contributed by atoms with E-state index in [9.17, 15) is 14.4 Å². The first-order valence-corrected chi connectivity index (χ1v) is 26.6.